The molecule has 1 N–H and O–H groups in total. The highest BCUT2D eigenvalue weighted by molar-refractivity contribution is 5.81. The maximum Gasteiger partial charge on any atom is 0.237 e. The van der Waals surface area contributed by atoms with Crippen molar-refractivity contribution in [2.24, 2.45) is 0 Å². The van der Waals surface area contributed by atoms with Crippen molar-refractivity contribution in [3.8, 4) is 0 Å². The van der Waals surface area contributed by atoms with Gasteiger partial charge in [0, 0.05) is 13.1 Å². The molecule has 1 fully saturated rings. The van der Waals surface area contributed by atoms with Crippen LogP contribution in [0, 0.1) is 0 Å². The van der Waals surface area contributed by atoms with Gasteiger partial charge in [0.2, 0.25) is 12.3 Å². The second kappa shape index (κ2) is 6.73. The van der Waals surface area contributed by atoms with Crippen molar-refractivity contribution < 1.29 is 11.0 Å². The smallest absolute Gasteiger partial charge is 0.237 e. The molecule has 1 saturated carbocycles. The number of carbonyl (C=O) groups is 2. The number of amides is 2. The lowest BCUT2D eigenvalue weighted by Gasteiger charge is -2.37. The Balaban J connectivity index is 2.67. The van der Waals surface area contributed by atoms with E-state index in [1.54, 1.807) is 7.05 Å². The molecule has 0 radical (unpaired) electrons. The lowest BCUT2D eigenvalue weighted by atomic mass is 9.89. The predicted molar refractivity (Wildman–Crippen MR) is 71.2 cm³/mol. The molecule has 5 nitrogen and oxygen atoms in total. The summed E-state index contributed by atoms with van der Waals surface area (Å²) in [6.07, 6.45) is 3.12. The molecule has 2 unspecified atom stereocenters. The highest BCUT2D eigenvalue weighted by Crippen LogP contribution is 2.22. The van der Waals surface area contributed by atoms with Crippen LogP contribution in [0.5, 0.6) is 0 Å². The average Bonchev–Trinajstić information content (AvgIpc) is 2.37. The molecule has 3 atom stereocenters. The number of rotatable bonds is 4. The molecule has 0 aromatic carbocycles. The molecule has 1 aliphatic rings. The van der Waals surface area contributed by atoms with Crippen LogP contribution in [0.1, 0.15) is 34.0 Å². The molecule has 104 valence electrons. The Morgan fingerprint density at radius 1 is 1.39 bits per heavy atom. The Labute approximate surface area is 111 Å². The van der Waals surface area contributed by atoms with Crippen LogP contribution in [0.25, 0.3) is 0 Å². The van der Waals surface area contributed by atoms with Crippen molar-refractivity contribution in [3.05, 3.63) is 0 Å². The van der Waals surface area contributed by atoms with Gasteiger partial charge in [0.05, 0.1) is 12.1 Å². The van der Waals surface area contributed by atoms with Crippen LogP contribution in [0.4, 0.5) is 0 Å². The van der Waals surface area contributed by atoms with Gasteiger partial charge >= 0.3 is 0 Å². The van der Waals surface area contributed by atoms with Crippen LogP contribution >= 0.6 is 0 Å². The molecule has 1 aliphatic carbocycles. The second-order valence-corrected chi connectivity index (χ2v) is 5.31. The van der Waals surface area contributed by atoms with Crippen molar-refractivity contribution >= 4 is 12.3 Å². The van der Waals surface area contributed by atoms with Gasteiger partial charge in [-0.15, -0.1) is 0 Å². The summed E-state index contributed by atoms with van der Waals surface area (Å²) in [6, 6.07) is -0.292. The van der Waals surface area contributed by atoms with Gasteiger partial charge in [-0.05, 0) is 33.9 Å². The minimum absolute atomic E-state index is 0.0206. The monoisotopic (exact) mass is 256 g/mol. The van der Waals surface area contributed by atoms with Crippen molar-refractivity contribution in [1.29, 1.82) is 0 Å². The van der Waals surface area contributed by atoms with E-state index in [-0.39, 0.29) is 24.0 Å². The normalized spacial score (nSPS) is 26.4. The third-order valence-corrected chi connectivity index (χ3v) is 3.85. The number of likely N-dealkylation sites (N-methyl/N-ethyl adjacent to an activating group) is 2. The summed E-state index contributed by atoms with van der Waals surface area (Å²) in [5.41, 5.74) is 0. The van der Waals surface area contributed by atoms with Crippen molar-refractivity contribution in [2.75, 3.05) is 21.1 Å². The zero-order valence-corrected chi connectivity index (χ0v) is 11.8. The Bertz CT molecular complexity index is 336. The molecule has 5 heteroatoms. The first-order chi connectivity index (χ1) is 8.84. The summed E-state index contributed by atoms with van der Waals surface area (Å²) in [6.45, 7) is 1.85. The zero-order valence-electron chi connectivity index (χ0n) is 12.8. The quantitative estimate of drug-likeness (QED) is 0.743. The predicted octanol–water partition coefficient (Wildman–Crippen LogP) is 0.452. The largest absolute Gasteiger partial charge is 0.350 e. The fraction of sp³-hybridized carbons (Fsp3) is 0.846. The third kappa shape index (κ3) is 3.70. The van der Waals surface area contributed by atoms with E-state index in [0.29, 0.717) is 0 Å². The van der Waals surface area contributed by atoms with E-state index in [1.807, 2.05) is 25.9 Å². The molecule has 1 rings (SSSR count). The zero-order chi connectivity index (χ0) is 14.6. The van der Waals surface area contributed by atoms with Gasteiger partial charge in [0.15, 0.2) is 0 Å². The Hall–Kier alpha value is -1.10. The van der Waals surface area contributed by atoms with Gasteiger partial charge in [-0.3, -0.25) is 14.5 Å². The lowest BCUT2D eigenvalue weighted by Crippen LogP contribution is -2.55. The van der Waals surface area contributed by atoms with Crippen molar-refractivity contribution in [1.82, 2.24) is 15.1 Å². The van der Waals surface area contributed by atoms with Gasteiger partial charge in [-0.2, -0.15) is 0 Å². The van der Waals surface area contributed by atoms with E-state index < -0.39 is 6.39 Å². The van der Waals surface area contributed by atoms with Crippen molar-refractivity contribution in [3.63, 3.8) is 0 Å². The average molecular weight is 256 g/mol. The molecule has 0 aliphatic heterocycles. The fourth-order valence-corrected chi connectivity index (χ4v) is 2.35. The first-order valence-electron chi connectivity index (χ1n) is 7.04. The van der Waals surface area contributed by atoms with Gasteiger partial charge in [0.1, 0.15) is 1.37 Å². The minimum atomic E-state index is -0.688. The molecule has 0 aromatic heterocycles. The molecule has 0 spiro atoms. The van der Waals surface area contributed by atoms with Crippen LogP contribution in [-0.4, -0.2) is 61.4 Å². The number of nitrogens with one attached hydrogen (secondary N) is 1. The number of nitrogens with zero attached hydrogens (tertiary/aromatic N) is 2. The Kier molecular flexibility index (Phi) is 4.99. The summed E-state index contributed by atoms with van der Waals surface area (Å²) in [4.78, 5) is 26.6. The third-order valence-electron chi connectivity index (χ3n) is 3.85. The van der Waals surface area contributed by atoms with E-state index in [9.17, 15) is 9.59 Å². The molecule has 0 bridgehead atoms. The van der Waals surface area contributed by atoms with Crippen LogP contribution in [0.2, 0.25) is 0 Å². The number of hydrogen-bond donors (Lipinski definition) is 1. The number of hydrogen-bond acceptors (Lipinski definition) is 3. The highest BCUT2D eigenvalue weighted by Gasteiger charge is 2.30. The standard InChI is InChI=1S/C13H25N3O2/c1-10(15(2)3)13(18)14-11-7-5-6-8-12(11)16(4)9-17/h9-12H,5-8H2,1-4H3,(H,14,18)/t10-,11?,12?/m0/s1/i9D. The van der Waals surface area contributed by atoms with E-state index in [0.717, 1.165) is 25.7 Å². The molecule has 0 heterocycles. The van der Waals surface area contributed by atoms with Crippen LogP contribution in [0.15, 0.2) is 0 Å². The van der Waals surface area contributed by atoms with E-state index in [1.165, 1.54) is 4.90 Å². The van der Waals surface area contributed by atoms with Crippen molar-refractivity contribution in [2.45, 2.75) is 50.7 Å². The van der Waals surface area contributed by atoms with Gasteiger partial charge < -0.3 is 10.2 Å². The van der Waals surface area contributed by atoms with Gasteiger partial charge in [-0.1, -0.05) is 12.8 Å². The van der Waals surface area contributed by atoms with Gasteiger partial charge in [-0.25, -0.2) is 0 Å². The molecule has 0 saturated heterocycles. The summed E-state index contributed by atoms with van der Waals surface area (Å²) < 4.78 is 7.21. The lowest BCUT2D eigenvalue weighted by molar-refractivity contribution is -0.128. The highest BCUT2D eigenvalue weighted by atomic mass is 16.2. The summed E-state index contributed by atoms with van der Waals surface area (Å²) in [5, 5.41) is 3.03. The van der Waals surface area contributed by atoms with E-state index in [4.69, 9.17) is 1.37 Å². The Morgan fingerprint density at radius 2 is 2.00 bits per heavy atom. The van der Waals surface area contributed by atoms with Crippen LogP contribution in [-0.2, 0) is 9.59 Å². The maximum atomic E-state index is 12.1. The molecule has 18 heavy (non-hydrogen) atoms. The van der Waals surface area contributed by atoms with E-state index >= 15 is 0 Å². The Morgan fingerprint density at radius 3 is 2.56 bits per heavy atom. The SMILES string of the molecule is [2H]C(=O)N(C)C1CCCCC1NC(=O)[C@H](C)N(C)C. The summed E-state index contributed by atoms with van der Waals surface area (Å²) in [7, 11) is 5.37. The number of carbonyl (C=O) groups excluding carboxylic acids is 2. The van der Waals surface area contributed by atoms with E-state index in [2.05, 4.69) is 5.32 Å². The van der Waals surface area contributed by atoms with Crippen LogP contribution in [0.3, 0.4) is 0 Å². The molecular weight excluding hydrogens is 230 g/mol. The summed E-state index contributed by atoms with van der Waals surface area (Å²) >= 11 is 0. The molecule has 2 amide bonds. The fourth-order valence-electron chi connectivity index (χ4n) is 2.35. The summed E-state index contributed by atoms with van der Waals surface area (Å²) in [5.74, 6) is -0.0206. The molecule has 0 aromatic rings. The first-order valence-corrected chi connectivity index (χ1v) is 6.54. The van der Waals surface area contributed by atoms with Gasteiger partial charge in [0.25, 0.3) is 0 Å². The first kappa shape index (κ1) is 13.3. The maximum absolute atomic E-state index is 12.1. The topological polar surface area (TPSA) is 52.7 Å². The second-order valence-electron chi connectivity index (χ2n) is 5.31. The van der Waals surface area contributed by atoms with Crippen LogP contribution < -0.4 is 5.32 Å². The minimum Gasteiger partial charge on any atom is -0.350 e. The molecular formula is C13H25N3O2.